The predicted molar refractivity (Wildman–Crippen MR) is 111 cm³/mol. The molecule has 3 rings (SSSR count). The van der Waals surface area contributed by atoms with E-state index in [1.165, 1.54) is 0 Å². The van der Waals surface area contributed by atoms with Crippen molar-refractivity contribution in [3.63, 3.8) is 0 Å². The zero-order valence-corrected chi connectivity index (χ0v) is 15.6. The van der Waals surface area contributed by atoms with Crippen LogP contribution < -0.4 is 16.4 Å². The lowest BCUT2D eigenvalue weighted by atomic mass is 9.98. The molecule has 0 unspecified atom stereocenters. The van der Waals surface area contributed by atoms with Crippen LogP contribution in [0.3, 0.4) is 0 Å². The quantitative estimate of drug-likeness (QED) is 0.593. The number of rotatable bonds is 7. The van der Waals surface area contributed by atoms with Crippen molar-refractivity contribution < 1.29 is 9.59 Å². The maximum atomic E-state index is 12.7. The number of nitrogens with one attached hydrogen (secondary N) is 2. The standard InChI is InChI=1S/C23H23N3O2/c1-16(23(28)26-20-14-12-19(13-15-20)22(24)27)25-21(17-8-4-2-5-9-17)18-10-6-3-7-11-18/h2-16,21,25H,1H3,(H2,24,27)(H,26,28)/t16-/m1/s1. The summed E-state index contributed by atoms with van der Waals surface area (Å²) in [5.74, 6) is -0.662. The number of anilines is 1. The normalized spacial score (nSPS) is 11.8. The molecular weight excluding hydrogens is 350 g/mol. The smallest absolute Gasteiger partial charge is 0.248 e. The fourth-order valence-corrected chi connectivity index (χ4v) is 2.97. The number of primary amides is 1. The van der Waals surface area contributed by atoms with Gasteiger partial charge < -0.3 is 11.1 Å². The summed E-state index contributed by atoms with van der Waals surface area (Å²) in [4.78, 5) is 23.8. The first-order valence-corrected chi connectivity index (χ1v) is 9.11. The summed E-state index contributed by atoms with van der Waals surface area (Å²) < 4.78 is 0. The highest BCUT2D eigenvalue weighted by atomic mass is 16.2. The third-order valence-electron chi connectivity index (χ3n) is 4.51. The molecule has 0 aliphatic heterocycles. The van der Waals surface area contributed by atoms with Gasteiger partial charge >= 0.3 is 0 Å². The summed E-state index contributed by atoms with van der Waals surface area (Å²) in [6, 6.07) is 26.0. The molecule has 3 aromatic carbocycles. The molecule has 142 valence electrons. The predicted octanol–water partition coefficient (Wildman–Crippen LogP) is 3.49. The van der Waals surface area contributed by atoms with Crippen LogP contribution in [0.1, 0.15) is 34.5 Å². The molecule has 0 heterocycles. The Hall–Kier alpha value is -3.44. The number of hydrogen-bond donors (Lipinski definition) is 3. The number of hydrogen-bond acceptors (Lipinski definition) is 3. The lowest BCUT2D eigenvalue weighted by Gasteiger charge is -2.24. The first-order valence-electron chi connectivity index (χ1n) is 9.11. The minimum absolute atomic E-state index is 0.111. The summed E-state index contributed by atoms with van der Waals surface area (Å²) in [5, 5.41) is 6.28. The zero-order valence-electron chi connectivity index (χ0n) is 15.6. The van der Waals surface area contributed by atoms with Gasteiger partial charge in [0.15, 0.2) is 0 Å². The van der Waals surface area contributed by atoms with Crippen molar-refractivity contribution in [2.45, 2.75) is 19.0 Å². The van der Waals surface area contributed by atoms with Crippen LogP contribution >= 0.6 is 0 Å². The molecule has 0 saturated heterocycles. The molecule has 0 aliphatic carbocycles. The first-order chi connectivity index (χ1) is 13.5. The summed E-state index contributed by atoms with van der Waals surface area (Å²) in [7, 11) is 0. The van der Waals surface area contributed by atoms with Crippen molar-refractivity contribution in [1.82, 2.24) is 5.32 Å². The lowest BCUT2D eigenvalue weighted by molar-refractivity contribution is -0.117. The number of carbonyl (C=O) groups is 2. The van der Waals surface area contributed by atoms with Gasteiger partial charge in [0.05, 0.1) is 12.1 Å². The van der Waals surface area contributed by atoms with Gasteiger partial charge in [-0.05, 0) is 42.3 Å². The lowest BCUT2D eigenvalue weighted by Crippen LogP contribution is -2.40. The monoisotopic (exact) mass is 373 g/mol. The molecule has 4 N–H and O–H groups in total. The van der Waals surface area contributed by atoms with E-state index < -0.39 is 11.9 Å². The van der Waals surface area contributed by atoms with Crippen LogP contribution in [0.2, 0.25) is 0 Å². The van der Waals surface area contributed by atoms with Crippen molar-refractivity contribution in [3.05, 3.63) is 102 Å². The molecule has 0 aliphatic rings. The Kier molecular flexibility index (Phi) is 6.19. The van der Waals surface area contributed by atoms with E-state index in [-0.39, 0.29) is 11.9 Å². The Morgan fingerprint density at radius 1 is 0.786 bits per heavy atom. The van der Waals surface area contributed by atoms with E-state index in [1.807, 2.05) is 67.6 Å². The Morgan fingerprint density at radius 3 is 1.75 bits per heavy atom. The summed E-state index contributed by atoms with van der Waals surface area (Å²) in [6.45, 7) is 1.83. The van der Waals surface area contributed by atoms with Crippen LogP contribution in [0.5, 0.6) is 0 Å². The molecule has 5 nitrogen and oxygen atoms in total. The number of nitrogens with two attached hydrogens (primary N) is 1. The van der Waals surface area contributed by atoms with Crippen molar-refractivity contribution in [2.75, 3.05) is 5.32 Å². The van der Waals surface area contributed by atoms with Gasteiger partial charge in [0, 0.05) is 11.3 Å². The maximum absolute atomic E-state index is 12.7. The van der Waals surface area contributed by atoms with Gasteiger partial charge in [-0.25, -0.2) is 0 Å². The van der Waals surface area contributed by atoms with Crippen LogP contribution in [0.25, 0.3) is 0 Å². The molecule has 3 aromatic rings. The van der Waals surface area contributed by atoms with Gasteiger partial charge in [0.1, 0.15) is 0 Å². The molecule has 5 heteroatoms. The molecule has 1 atom stereocenters. The van der Waals surface area contributed by atoms with Gasteiger partial charge in [-0.2, -0.15) is 0 Å². The van der Waals surface area contributed by atoms with Crippen LogP contribution in [0.15, 0.2) is 84.9 Å². The molecule has 0 bridgehead atoms. The largest absolute Gasteiger partial charge is 0.366 e. The number of benzene rings is 3. The fraction of sp³-hybridized carbons (Fsp3) is 0.130. The van der Waals surface area contributed by atoms with E-state index in [0.29, 0.717) is 11.3 Å². The molecule has 0 spiro atoms. The van der Waals surface area contributed by atoms with Gasteiger partial charge in [0.2, 0.25) is 11.8 Å². The van der Waals surface area contributed by atoms with Gasteiger partial charge in [0.25, 0.3) is 0 Å². The molecule has 0 radical (unpaired) electrons. The van der Waals surface area contributed by atoms with Crippen molar-refractivity contribution in [3.8, 4) is 0 Å². The minimum atomic E-state index is -0.499. The SMILES string of the molecule is C[C@@H](NC(c1ccccc1)c1ccccc1)C(=O)Nc1ccc(C(N)=O)cc1. The van der Waals surface area contributed by atoms with Crippen molar-refractivity contribution in [2.24, 2.45) is 5.73 Å². The first kappa shape index (κ1) is 19.3. The third kappa shape index (κ3) is 4.84. The topological polar surface area (TPSA) is 84.2 Å². The van der Waals surface area contributed by atoms with E-state index in [9.17, 15) is 9.59 Å². The molecular formula is C23H23N3O2. The molecule has 0 fully saturated rings. The van der Waals surface area contributed by atoms with E-state index in [0.717, 1.165) is 11.1 Å². The van der Waals surface area contributed by atoms with E-state index in [1.54, 1.807) is 24.3 Å². The molecule has 0 saturated carbocycles. The highest BCUT2D eigenvalue weighted by Gasteiger charge is 2.20. The van der Waals surface area contributed by atoms with Crippen molar-refractivity contribution in [1.29, 1.82) is 0 Å². The average molecular weight is 373 g/mol. The van der Waals surface area contributed by atoms with E-state index in [4.69, 9.17) is 5.73 Å². The summed E-state index contributed by atoms with van der Waals surface area (Å²) >= 11 is 0. The fourth-order valence-electron chi connectivity index (χ4n) is 2.97. The minimum Gasteiger partial charge on any atom is -0.366 e. The van der Waals surface area contributed by atoms with Crippen LogP contribution in [-0.2, 0) is 4.79 Å². The van der Waals surface area contributed by atoms with E-state index in [2.05, 4.69) is 10.6 Å². The van der Waals surface area contributed by atoms with E-state index >= 15 is 0 Å². The van der Waals surface area contributed by atoms with Crippen LogP contribution in [-0.4, -0.2) is 17.9 Å². The van der Waals surface area contributed by atoms with Crippen LogP contribution in [0.4, 0.5) is 5.69 Å². The van der Waals surface area contributed by atoms with Crippen LogP contribution in [0, 0.1) is 0 Å². The second kappa shape index (κ2) is 8.97. The number of amides is 2. The summed E-state index contributed by atoms with van der Waals surface area (Å²) in [5.41, 5.74) is 8.42. The Bertz CT molecular complexity index is 886. The second-order valence-electron chi connectivity index (χ2n) is 6.57. The Balaban J connectivity index is 1.73. The molecule has 28 heavy (non-hydrogen) atoms. The maximum Gasteiger partial charge on any atom is 0.248 e. The Labute approximate surface area is 164 Å². The van der Waals surface area contributed by atoms with Gasteiger partial charge in [-0.3, -0.25) is 14.9 Å². The zero-order chi connectivity index (χ0) is 19.9. The average Bonchev–Trinajstić information content (AvgIpc) is 2.73. The summed E-state index contributed by atoms with van der Waals surface area (Å²) in [6.07, 6.45) is 0. The molecule has 0 aromatic heterocycles. The molecule has 2 amide bonds. The van der Waals surface area contributed by atoms with Crippen molar-refractivity contribution >= 4 is 17.5 Å². The van der Waals surface area contributed by atoms with Gasteiger partial charge in [-0.1, -0.05) is 60.7 Å². The highest BCUT2D eigenvalue weighted by Crippen LogP contribution is 2.22. The third-order valence-corrected chi connectivity index (χ3v) is 4.51. The second-order valence-corrected chi connectivity index (χ2v) is 6.57. The number of carbonyl (C=O) groups excluding carboxylic acids is 2. The Morgan fingerprint density at radius 2 is 1.29 bits per heavy atom. The van der Waals surface area contributed by atoms with Gasteiger partial charge in [-0.15, -0.1) is 0 Å². The highest BCUT2D eigenvalue weighted by molar-refractivity contribution is 5.96.